The van der Waals surface area contributed by atoms with Crippen LogP contribution in [-0.2, 0) is 0 Å². The lowest BCUT2D eigenvalue weighted by Crippen LogP contribution is -2.42. The fourth-order valence-corrected chi connectivity index (χ4v) is 4.95. The summed E-state index contributed by atoms with van der Waals surface area (Å²) in [6.07, 6.45) is 11.5. The van der Waals surface area contributed by atoms with Crippen LogP contribution in [0.1, 0.15) is 44.2 Å². The predicted octanol–water partition coefficient (Wildman–Crippen LogP) is 4.06. The van der Waals surface area contributed by atoms with Gasteiger partial charge in [-0.1, -0.05) is 0 Å². The number of hydrogen-bond acceptors (Lipinski definition) is 4. The number of halogens is 1. The van der Waals surface area contributed by atoms with E-state index in [1.807, 2.05) is 37.4 Å². The van der Waals surface area contributed by atoms with Crippen molar-refractivity contribution in [2.45, 2.75) is 44.2 Å². The van der Waals surface area contributed by atoms with Crippen molar-refractivity contribution in [3.63, 3.8) is 0 Å². The molecule has 2 heterocycles. The van der Waals surface area contributed by atoms with Gasteiger partial charge in [-0.25, -0.2) is 4.39 Å². The number of aromatic nitrogens is 1. The van der Waals surface area contributed by atoms with Gasteiger partial charge in [0.2, 0.25) is 0 Å². The zero-order chi connectivity index (χ0) is 21.8. The van der Waals surface area contributed by atoms with E-state index in [9.17, 15) is 4.79 Å². The molecule has 0 radical (unpaired) electrons. The first-order valence-corrected chi connectivity index (χ1v) is 10.9. The van der Waals surface area contributed by atoms with E-state index in [0.29, 0.717) is 16.7 Å². The molecule has 1 unspecified atom stereocenters. The first-order chi connectivity index (χ1) is 14.9. The quantitative estimate of drug-likeness (QED) is 0.704. The van der Waals surface area contributed by atoms with Gasteiger partial charge in [0.1, 0.15) is 5.82 Å². The first kappa shape index (κ1) is 19.9. The summed E-state index contributed by atoms with van der Waals surface area (Å²) in [5, 5.41) is 15.5. The lowest BCUT2D eigenvalue weighted by atomic mass is 9.90. The lowest BCUT2D eigenvalue weighted by molar-refractivity contribution is 0.282. The van der Waals surface area contributed by atoms with E-state index in [4.69, 9.17) is 5.41 Å². The summed E-state index contributed by atoms with van der Waals surface area (Å²) in [5.41, 5.74) is 3.49. The minimum Gasteiger partial charge on any atom is -0.393 e. The zero-order valence-corrected chi connectivity index (χ0v) is 17.9. The van der Waals surface area contributed by atoms with E-state index in [-0.39, 0.29) is 22.5 Å². The molecule has 1 spiro atoms. The molecular formula is C25H27FN4O. The summed E-state index contributed by atoms with van der Waals surface area (Å²) in [6, 6.07) is 5.29. The van der Waals surface area contributed by atoms with Crippen molar-refractivity contribution in [3.05, 3.63) is 75.6 Å². The Balaban J connectivity index is 1.56. The fraction of sp³-hybridized carbons (Fsp3) is 0.360. The minimum atomic E-state index is -0.492. The third-order valence-electron chi connectivity index (χ3n) is 6.83. The van der Waals surface area contributed by atoms with Crippen LogP contribution >= 0.6 is 0 Å². The normalized spacial score (nSPS) is 23.8. The van der Waals surface area contributed by atoms with Crippen LogP contribution in [-0.4, -0.2) is 29.4 Å². The number of rotatable bonds is 3. The molecule has 0 bridgehead atoms. The van der Waals surface area contributed by atoms with E-state index in [1.165, 1.54) is 6.07 Å². The monoisotopic (exact) mass is 418 g/mol. The topological polar surface area (TPSA) is 69.9 Å². The van der Waals surface area contributed by atoms with Gasteiger partial charge in [-0.05, 0) is 91.6 Å². The molecule has 1 aliphatic heterocycles. The highest BCUT2D eigenvalue weighted by molar-refractivity contribution is 6.16. The molecule has 0 amide bonds. The molecule has 5 rings (SSSR count). The van der Waals surface area contributed by atoms with Crippen LogP contribution in [0, 0.1) is 11.2 Å². The molecule has 5 nitrogen and oxygen atoms in total. The molecule has 2 aliphatic carbocycles. The summed E-state index contributed by atoms with van der Waals surface area (Å²) >= 11 is 0. The zero-order valence-electron chi connectivity index (χ0n) is 17.9. The number of fused-ring (bicyclic) bond motifs is 1. The fourth-order valence-electron chi connectivity index (χ4n) is 4.95. The SMILES string of the molecule is CN/C=C1/C=C(c2cc(F)c3c(=O)n(C4CCNC5(CC5)C4)ccc3c2)C=C(C)C1=N. The summed E-state index contributed by atoms with van der Waals surface area (Å²) in [6.45, 7) is 2.77. The van der Waals surface area contributed by atoms with Gasteiger partial charge in [0.25, 0.3) is 5.56 Å². The van der Waals surface area contributed by atoms with E-state index in [1.54, 1.807) is 17.8 Å². The van der Waals surface area contributed by atoms with Crippen molar-refractivity contribution >= 4 is 22.1 Å². The van der Waals surface area contributed by atoms with Crippen LogP contribution in [0.3, 0.4) is 0 Å². The Kier molecular flexibility index (Phi) is 4.70. The van der Waals surface area contributed by atoms with Gasteiger partial charge >= 0.3 is 0 Å². The lowest BCUT2D eigenvalue weighted by Gasteiger charge is -2.31. The summed E-state index contributed by atoms with van der Waals surface area (Å²) in [7, 11) is 1.79. The largest absolute Gasteiger partial charge is 0.393 e. The van der Waals surface area contributed by atoms with E-state index in [0.717, 1.165) is 48.9 Å². The second kappa shape index (κ2) is 7.31. The Morgan fingerprint density at radius 2 is 2.13 bits per heavy atom. The number of benzene rings is 1. The Labute approximate surface area is 180 Å². The maximum Gasteiger partial charge on any atom is 0.261 e. The highest BCUT2D eigenvalue weighted by Crippen LogP contribution is 2.45. The molecule has 2 fully saturated rings. The van der Waals surface area contributed by atoms with Crippen molar-refractivity contribution in [1.82, 2.24) is 15.2 Å². The average molecular weight is 419 g/mol. The number of nitrogens with one attached hydrogen (secondary N) is 3. The standard InChI is InChI=1S/C25H27FN4O/c1-15-9-17(11-19(14-28-2)23(15)27)18-10-16-4-8-30(24(31)22(16)21(26)12-18)20-3-7-29-25(13-20)5-6-25/h4,8-12,14,20,27-29H,3,5-7,13H2,1-2H3/b19-14-,27-23?. The number of hydrogen-bond donors (Lipinski definition) is 3. The number of piperidine rings is 1. The molecule has 3 N–H and O–H groups in total. The van der Waals surface area contributed by atoms with Gasteiger partial charge in [-0.3, -0.25) is 10.2 Å². The Hall–Kier alpha value is -2.99. The van der Waals surface area contributed by atoms with Crippen LogP contribution < -0.4 is 16.2 Å². The Morgan fingerprint density at radius 3 is 2.87 bits per heavy atom. The van der Waals surface area contributed by atoms with Gasteiger partial charge in [0.15, 0.2) is 0 Å². The molecule has 1 aromatic carbocycles. The molecule has 6 heteroatoms. The van der Waals surface area contributed by atoms with E-state index < -0.39 is 5.82 Å². The summed E-state index contributed by atoms with van der Waals surface area (Å²) < 4.78 is 17.0. The molecule has 3 aliphatic rings. The second-order valence-corrected chi connectivity index (χ2v) is 8.99. The smallest absolute Gasteiger partial charge is 0.261 e. The van der Waals surface area contributed by atoms with Gasteiger partial charge < -0.3 is 15.2 Å². The Bertz CT molecular complexity index is 1250. The van der Waals surface area contributed by atoms with Crippen LogP contribution in [0.25, 0.3) is 16.3 Å². The van der Waals surface area contributed by atoms with Crippen molar-refractivity contribution in [2.75, 3.05) is 13.6 Å². The molecular weight excluding hydrogens is 391 g/mol. The molecule has 1 aromatic heterocycles. The van der Waals surface area contributed by atoms with Crippen LogP contribution in [0.4, 0.5) is 4.39 Å². The van der Waals surface area contributed by atoms with Crippen LogP contribution in [0.15, 0.2) is 58.7 Å². The molecule has 1 saturated carbocycles. The number of allylic oxidation sites excluding steroid dienone is 5. The minimum absolute atomic E-state index is 0.117. The average Bonchev–Trinajstić information content (AvgIpc) is 3.49. The molecule has 160 valence electrons. The van der Waals surface area contributed by atoms with Crippen LogP contribution in [0.2, 0.25) is 0 Å². The van der Waals surface area contributed by atoms with Crippen LogP contribution in [0.5, 0.6) is 0 Å². The summed E-state index contributed by atoms with van der Waals surface area (Å²) in [4.78, 5) is 13.2. The van der Waals surface area contributed by atoms with Gasteiger partial charge in [-0.15, -0.1) is 0 Å². The summed E-state index contributed by atoms with van der Waals surface area (Å²) in [5.74, 6) is -0.492. The van der Waals surface area contributed by atoms with Crippen molar-refractivity contribution < 1.29 is 4.39 Å². The van der Waals surface area contributed by atoms with Gasteiger partial charge in [-0.2, -0.15) is 0 Å². The van der Waals surface area contributed by atoms with Crippen molar-refractivity contribution in [1.29, 1.82) is 5.41 Å². The van der Waals surface area contributed by atoms with Crippen molar-refractivity contribution in [2.24, 2.45) is 0 Å². The molecule has 1 saturated heterocycles. The Morgan fingerprint density at radius 1 is 1.32 bits per heavy atom. The number of pyridine rings is 1. The molecule has 2 aromatic rings. The van der Waals surface area contributed by atoms with Gasteiger partial charge in [0.05, 0.1) is 11.1 Å². The third-order valence-corrected chi connectivity index (χ3v) is 6.83. The first-order valence-electron chi connectivity index (χ1n) is 10.9. The highest BCUT2D eigenvalue weighted by atomic mass is 19.1. The maximum absolute atomic E-state index is 15.3. The molecule has 31 heavy (non-hydrogen) atoms. The third kappa shape index (κ3) is 3.45. The predicted molar refractivity (Wildman–Crippen MR) is 123 cm³/mol. The van der Waals surface area contributed by atoms with E-state index >= 15 is 4.39 Å². The highest BCUT2D eigenvalue weighted by Gasteiger charge is 2.46. The molecule has 1 atom stereocenters. The van der Waals surface area contributed by atoms with Crippen molar-refractivity contribution in [3.8, 4) is 0 Å². The maximum atomic E-state index is 15.3. The second-order valence-electron chi connectivity index (χ2n) is 8.99. The van der Waals surface area contributed by atoms with Gasteiger partial charge in [0, 0.05) is 36.6 Å². The van der Waals surface area contributed by atoms with E-state index in [2.05, 4.69) is 10.6 Å². The number of nitrogens with zero attached hydrogens (tertiary/aromatic N) is 1.